The maximum Gasteiger partial charge on any atom is 0.108 e. The molecule has 58 valence electrons. The third-order valence-electron chi connectivity index (χ3n) is 2.85. The van der Waals surface area contributed by atoms with E-state index in [0.29, 0.717) is 0 Å². The van der Waals surface area contributed by atoms with Crippen LogP contribution in [0.3, 0.4) is 0 Å². The van der Waals surface area contributed by atoms with Crippen LogP contribution in [0.15, 0.2) is 0 Å². The normalized spacial score (nSPS) is 36.3. The van der Waals surface area contributed by atoms with Gasteiger partial charge in [0.2, 0.25) is 0 Å². The zero-order valence-corrected chi connectivity index (χ0v) is 6.71. The number of hydrogen-bond donors (Lipinski definition) is 1. The molecule has 2 rings (SSSR count). The lowest BCUT2D eigenvalue weighted by atomic mass is 10.1. The highest BCUT2D eigenvalue weighted by Crippen LogP contribution is 2.17. The van der Waals surface area contributed by atoms with Crippen LogP contribution in [0.1, 0.15) is 13.3 Å². The van der Waals surface area contributed by atoms with Gasteiger partial charge in [-0.1, -0.05) is 6.92 Å². The monoisotopic (exact) mass is 141 g/mol. The molecule has 0 bridgehead atoms. The molecule has 2 aliphatic heterocycles. The molecule has 2 heteroatoms. The van der Waals surface area contributed by atoms with Crippen LogP contribution in [0.25, 0.3) is 0 Å². The van der Waals surface area contributed by atoms with Crippen molar-refractivity contribution in [2.24, 2.45) is 5.92 Å². The molecule has 2 nitrogen and oxygen atoms in total. The highest BCUT2D eigenvalue weighted by molar-refractivity contribution is 4.80. The predicted molar refractivity (Wildman–Crippen MR) is 40.8 cm³/mol. The third-order valence-corrected chi connectivity index (χ3v) is 2.85. The first-order valence-electron chi connectivity index (χ1n) is 4.42. The van der Waals surface area contributed by atoms with E-state index in [1.165, 1.54) is 32.6 Å². The maximum absolute atomic E-state index is 2.66. The summed E-state index contributed by atoms with van der Waals surface area (Å²) in [6.45, 7) is 7.79. The Morgan fingerprint density at radius 2 is 2.20 bits per heavy atom. The summed E-state index contributed by atoms with van der Waals surface area (Å²) in [6, 6.07) is 0.935. The van der Waals surface area contributed by atoms with E-state index in [0.717, 1.165) is 12.0 Å². The summed E-state index contributed by atoms with van der Waals surface area (Å²) in [6.07, 6.45) is 1.43. The molecule has 0 aromatic heterocycles. The smallest absolute Gasteiger partial charge is 0.108 e. The summed E-state index contributed by atoms with van der Waals surface area (Å²) in [5.74, 6) is 0.959. The molecule has 2 heterocycles. The number of nitrogens with two attached hydrogens (primary N) is 1. The first-order valence-corrected chi connectivity index (χ1v) is 4.42. The molecular weight excluding hydrogens is 124 g/mol. The Morgan fingerprint density at radius 3 is 2.60 bits per heavy atom. The second-order valence-electron chi connectivity index (χ2n) is 3.80. The van der Waals surface area contributed by atoms with E-state index in [2.05, 4.69) is 17.1 Å². The average Bonchev–Trinajstić information content (AvgIpc) is 2.10. The molecule has 0 amide bonds. The van der Waals surface area contributed by atoms with Gasteiger partial charge in [-0.15, -0.1) is 0 Å². The molecule has 2 fully saturated rings. The van der Waals surface area contributed by atoms with Gasteiger partial charge in [-0.25, -0.2) is 0 Å². The Bertz CT molecular complexity index is 120. The summed E-state index contributed by atoms with van der Waals surface area (Å²) in [7, 11) is 0. The van der Waals surface area contributed by atoms with Crippen LogP contribution in [-0.4, -0.2) is 37.1 Å². The van der Waals surface area contributed by atoms with Gasteiger partial charge in [0.25, 0.3) is 0 Å². The van der Waals surface area contributed by atoms with Crippen LogP contribution in [0.2, 0.25) is 0 Å². The lowest BCUT2D eigenvalue weighted by Crippen LogP contribution is -3.00. The molecule has 0 aromatic rings. The first-order chi connectivity index (χ1) is 4.86. The Morgan fingerprint density at radius 1 is 1.40 bits per heavy atom. The van der Waals surface area contributed by atoms with E-state index < -0.39 is 0 Å². The minimum absolute atomic E-state index is 0.935. The minimum atomic E-state index is 0.935. The van der Waals surface area contributed by atoms with Crippen molar-refractivity contribution in [1.82, 2.24) is 4.90 Å². The molecule has 2 N–H and O–H groups in total. The number of quaternary nitrogens is 1. The number of likely N-dealkylation sites (tertiary alicyclic amines) is 1. The average molecular weight is 141 g/mol. The standard InChI is InChI=1S/C8H16N2/c1-7-2-3-10(6-7)8-4-9-5-8/h7-9H,2-6H2,1H3/p+1/t7-/m0/s1. The Balaban J connectivity index is 1.82. The van der Waals surface area contributed by atoms with E-state index in [1.807, 2.05) is 0 Å². The molecule has 0 saturated carbocycles. The van der Waals surface area contributed by atoms with Crippen LogP contribution >= 0.6 is 0 Å². The molecular formula is C8H17N2+. The Hall–Kier alpha value is -0.0800. The summed E-state index contributed by atoms with van der Waals surface area (Å²) in [5.41, 5.74) is 0. The van der Waals surface area contributed by atoms with Gasteiger partial charge in [-0.3, -0.25) is 4.90 Å². The van der Waals surface area contributed by atoms with Crippen molar-refractivity contribution in [3.63, 3.8) is 0 Å². The molecule has 1 atom stereocenters. The highest BCUT2D eigenvalue weighted by atomic mass is 15.2. The molecule has 2 saturated heterocycles. The summed E-state index contributed by atoms with van der Waals surface area (Å²) in [5, 5.41) is 2.40. The topological polar surface area (TPSA) is 19.9 Å². The van der Waals surface area contributed by atoms with Crippen molar-refractivity contribution >= 4 is 0 Å². The van der Waals surface area contributed by atoms with Gasteiger partial charge < -0.3 is 5.32 Å². The van der Waals surface area contributed by atoms with Crippen molar-refractivity contribution in [3.8, 4) is 0 Å². The molecule has 0 aromatic carbocycles. The zero-order chi connectivity index (χ0) is 6.97. The van der Waals surface area contributed by atoms with Crippen LogP contribution in [0.5, 0.6) is 0 Å². The van der Waals surface area contributed by atoms with Crippen molar-refractivity contribution in [2.75, 3.05) is 26.2 Å². The number of nitrogens with zero attached hydrogens (tertiary/aromatic N) is 1. The van der Waals surface area contributed by atoms with E-state index in [-0.39, 0.29) is 0 Å². The van der Waals surface area contributed by atoms with E-state index >= 15 is 0 Å². The third kappa shape index (κ3) is 1.06. The summed E-state index contributed by atoms with van der Waals surface area (Å²) < 4.78 is 0. The molecule has 0 aliphatic carbocycles. The maximum atomic E-state index is 2.66. The quantitative estimate of drug-likeness (QED) is 0.510. The van der Waals surface area contributed by atoms with Gasteiger partial charge >= 0.3 is 0 Å². The number of rotatable bonds is 1. The van der Waals surface area contributed by atoms with Gasteiger partial charge in [0.05, 0.1) is 13.1 Å². The van der Waals surface area contributed by atoms with E-state index in [1.54, 1.807) is 0 Å². The fourth-order valence-electron chi connectivity index (χ4n) is 1.91. The summed E-state index contributed by atoms with van der Waals surface area (Å²) >= 11 is 0. The van der Waals surface area contributed by atoms with E-state index in [4.69, 9.17) is 0 Å². The van der Waals surface area contributed by atoms with Crippen molar-refractivity contribution in [2.45, 2.75) is 19.4 Å². The van der Waals surface area contributed by atoms with E-state index in [9.17, 15) is 0 Å². The van der Waals surface area contributed by atoms with Gasteiger partial charge in [-0.2, -0.15) is 0 Å². The fourth-order valence-corrected chi connectivity index (χ4v) is 1.91. The minimum Gasteiger partial charge on any atom is -0.343 e. The molecule has 10 heavy (non-hydrogen) atoms. The van der Waals surface area contributed by atoms with Gasteiger partial charge in [0.15, 0.2) is 0 Å². The highest BCUT2D eigenvalue weighted by Gasteiger charge is 2.32. The van der Waals surface area contributed by atoms with Crippen molar-refractivity contribution in [3.05, 3.63) is 0 Å². The summed E-state index contributed by atoms with van der Waals surface area (Å²) in [4.78, 5) is 2.66. The largest absolute Gasteiger partial charge is 0.343 e. The molecule has 0 radical (unpaired) electrons. The molecule has 0 unspecified atom stereocenters. The molecule has 0 spiro atoms. The Labute approximate surface area is 62.6 Å². The van der Waals surface area contributed by atoms with Gasteiger partial charge in [0, 0.05) is 6.54 Å². The second kappa shape index (κ2) is 2.51. The van der Waals surface area contributed by atoms with Crippen LogP contribution in [-0.2, 0) is 0 Å². The van der Waals surface area contributed by atoms with Crippen molar-refractivity contribution in [1.29, 1.82) is 0 Å². The molecule has 2 aliphatic rings. The first kappa shape index (κ1) is 6.62. The Kier molecular flexibility index (Phi) is 1.66. The van der Waals surface area contributed by atoms with Crippen LogP contribution in [0, 0.1) is 5.92 Å². The second-order valence-corrected chi connectivity index (χ2v) is 3.80. The zero-order valence-electron chi connectivity index (χ0n) is 6.71. The SMILES string of the molecule is C[C@H]1CCN(C2C[NH2+]C2)C1. The lowest BCUT2D eigenvalue weighted by molar-refractivity contribution is -0.717. The predicted octanol–water partition coefficient (Wildman–Crippen LogP) is -0.726. The van der Waals surface area contributed by atoms with Gasteiger partial charge in [-0.05, 0) is 18.9 Å². The van der Waals surface area contributed by atoms with Gasteiger partial charge in [0.1, 0.15) is 6.04 Å². The van der Waals surface area contributed by atoms with Crippen LogP contribution < -0.4 is 5.32 Å². The number of hydrogen-bond acceptors (Lipinski definition) is 1. The van der Waals surface area contributed by atoms with Crippen molar-refractivity contribution < 1.29 is 5.32 Å². The van der Waals surface area contributed by atoms with Crippen LogP contribution in [0.4, 0.5) is 0 Å². The lowest BCUT2D eigenvalue weighted by Gasteiger charge is -2.31. The fraction of sp³-hybridized carbons (Fsp3) is 1.00.